The smallest absolute Gasteiger partial charge is 0.253 e. The number of fused-ring (bicyclic) bond motifs is 1. The number of rotatable bonds is 8. The van der Waals surface area contributed by atoms with Crippen molar-refractivity contribution >= 4 is 23.4 Å². The Morgan fingerprint density at radius 2 is 1.65 bits per heavy atom. The minimum atomic E-state index is -0.481. The van der Waals surface area contributed by atoms with E-state index in [1.54, 1.807) is 30.3 Å². The second-order valence-electron chi connectivity index (χ2n) is 7.83. The summed E-state index contributed by atoms with van der Waals surface area (Å²) in [6, 6.07) is 21.1. The number of hydrogen-bond acceptors (Lipinski definition) is 5. The molecule has 0 aromatic heterocycles. The lowest BCUT2D eigenvalue weighted by atomic mass is 10.0. The molecule has 3 aromatic carbocycles. The predicted octanol–water partition coefficient (Wildman–Crippen LogP) is 3.55. The van der Waals surface area contributed by atoms with Gasteiger partial charge in [-0.1, -0.05) is 48.5 Å². The van der Waals surface area contributed by atoms with Crippen LogP contribution in [0.1, 0.15) is 40.9 Å². The zero-order valence-electron chi connectivity index (χ0n) is 18.7. The summed E-state index contributed by atoms with van der Waals surface area (Å²) in [4.78, 5) is 37.3. The van der Waals surface area contributed by atoms with Crippen molar-refractivity contribution in [1.82, 2.24) is 10.6 Å². The van der Waals surface area contributed by atoms with Crippen molar-refractivity contribution in [2.45, 2.75) is 25.9 Å². The van der Waals surface area contributed by atoms with Crippen LogP contribution in [0.25, 0.3) is 0 Å². The Balaban J connectivity index is 1.41. The molecule has 0 saturated carbocycles. The third-order valence-corrected chi connectivity index (χ3v) is 5.30. The topological polar surface area (TPSA) is 106 Å². The standard InChI is InChI=1S/C26H25N3O5/c1-17(30)28-22(19-7-3-2-4-8-19)14-25(31)29-21-10-6-5-9-20(21)26(32)27-15-18-11-12-23-24(13-18)34-16-33-23/h2-13,22H,14-16H2,1H3,(H,27,32)(H,28,30)(H,29,31). The number of anilines is 1. The molecule has 0 aliphatic carbocycles. The molecule has 0 saturated heterocycles. The quantitative estimate of drug-likeness (QED) is 0.478. The first-order valence-electron chi connectivity index (χ1n) is 10.9. The Labute approximate surface area is 197 Å². The molecule has 4 rings (SSSR count). The lowest BCUT2D eigenvalue weighted by Gasteiger charge is -2.19. The first-order valence-corrected chi connectivity index (χ1v) is 10.9. The monoisotopic (exact) mass is 459 g/mol. The number of benzene rings is 3. The molecule has 1 aliphatic rings. The molecule has 3 N–H and O–H groups in total. The van der Waals surface area contributed by atoms with Gasteiger partial charge in [-0.15, -0.1) is 0 Å². The van der Waals surface area contributed by atoms with Gasteiger partial charge in [-0.2, -0.15) is 0 Å². The molecular formula is C26H25N3O5. The molecular weight excluding hydrogens is 434 g/mol. The number of hydrogen-bond donors (Lipinski definition) is 3. The van der Waals surface area contributed by atoms with E-state index < -0.39 is 6.04 Å². The molecule has 34 heavy (non-hydrogen) atoms. The van der Waals surface area contributed by atoms with Crippen LogP contribution in [0, 0.1) is 0 Å². The van der Waals surface area contributed by atoms with Crippen molar-refractivity contribution in [2.75, 3.05) is 12.1 Å². The lowest BCUT2D eigenvalue weighted by molar-refractivity contribution is -0.120. The Hall–Kier alpha value is -4.33. The molecule has 174 valence electrons. The molecule has 3 aromatic rings. The Kier molecular flexibility index (Phi) is 7.07. The van der Waals surface area contributed by atoms with E-state index in [4.69, 9.17) is 9.47 Å². The minimum absolute atomic E-state index is 0.0245. The highest BCUT2D eigenvalue weighted by atomic mass is 16.7. The van der Waals surface area contributed by atoms with Crippen LogP contribution >= 0.6 is 0 Å². The maximum absolute atomic E-state index is 12.9. The molecule has 1 heterocycles. The predicted molar refractivity (Wildman–Crippen MR) is 126 cm³/mol. The van der Waals surface area contributed by atoms with Gasteiger partial charge < -0.3 is 25.4 Å². The van der Waals surface area contributed by atoms with E-state index in [1.807, 2.05) is 42.5 Å². The first-order chi connectivity index (χ1) is 16.5. The molecule has 1 aliphatic heterocycles. The molecule has 8 heteroatoms. The molecule has 3 amide bonds. The highest BCUT2D eigenvalue weighted by Gasteiger charge is 2.19. The number of ether oxygens (including phenoxy) is 2. The SMILES string of the molecule is CC(=O)NC(CC(=O)Nc1ccccc1C(=O)NCc1ccc2c(c1)OCO2)c1ccccc1. The van der Waals surface area contributed by atoms with Crippen molar-refractivity contribution in [1.29, 1.82) is 0 Å². The van der Waals surface area contributed by atoms with Crippen LogP contribution in [0.15, 0.2) is 72.8 Å². The zero-order valence-corrected chi connectivity index (χ0v) is 18.7. The van der Waals surface area contributed by atoms with Crippen LogP contribution in [-0.4, -0.2) is 24.5 Å². The highest BCUT2D eigenvalue weighted by molar-refractivity contribution is 6.03. The third kappa shape index (κ3) is 5.72. The van der Waals surface area contributed by atoms with Crippen LogP contribution in [0.4, 0.5) is 5.69 Å². The number of amides is 3. The molecule has 1 atom stereocenters. The van der Waals surface area contributed by atoms with Crippen LogP contribution in [0.5, 0.6) is 11.5 Å². The van der Waals surface area contributed by atoms with Gasteiger partial charge in [-0.3, -0.25) is 14.4 Å². The van der Waals surface area contributed by atoms with Gasteiger partial charge >= 0.3 is 0 Å². The fraction of sp³-hybridized carbons (Fsp3) is 0.192. The molecule has 1 unspecified atom stereocenters. The Morgan fingerprint density at radius 3 is 2.44 bits per heavy atom. The first kappa shape index (κ1) is 22.8. The van der Waals surface area contributed by atoms with Crippen LogP contribution in [-0.2, 0) is 16.1 Å². The van der Waals surface area contributed by atoms with Gasteiger partial charge in [0.15, 0.2) is 11.5 Å². The molecule has 0 spiro atoms. The maximum Gasteiger partial charge on any atom is 0.253 e. The van der Waals surface area contributed by atoms with Crippen molar-refractivity contribution in [2.24, 2.45) is 0 Å². The number of para-hydroxylation sites is 1. The fourth-order valence-corrected chi connectivity index (χ4v) is 3.69. The van der Waals surface area contributed by atoms with Gasteiger partial charge in [0.2, 0.25) is 18.6 Å². The Bertz CT molecular complexity index is 1200. The summed E-state index contributed by atoms with van der Waals surface area (Å²) >= 11 is 0. The number of carbonyl (C=O) groups excluding carboxylic acids is 3. The fourth-order valence-electron chi connectivity index (χ4n) is 3.69. The van der Waals surface area contributed by atoms with E-state index in [0.717, 1.165) is 11.1 Å². The largest absolute Gasteiger partial charge is 0.454 e. The summed E-state index contributed by atoms with van der Waals surface area (Å²) in [7, 11) is 0. The Morgan fingerprint density at radius 1 is 0.912 bits per heavy atom. The van der Waals surface area contributed by atoms with Gasteiger partial charge in [-0.05, 0) is 35.4 Å². The summed E-state index contributed by atoms with van der Waals surface area (Å²) in [5, 5.41) is 8.49. The van der Waals surface area contributed by atoms with E-state index in [1.165, 1.54) is 6.92 Å². The second kappa shape index (κ2) is 10.5. The van der Waals surface area contributed by atoms with E-state index in [0.29, 0.717) is 22.7 Å². The molecule has 0 bridgehead atoms. The minimum Gasteiger partial charge on any atom is -0.454 e. The number of nitrogens with one attached hydrogen (secondary N) is 3. The second-order valence-corrected chi connectivity index (χ2v) is 7.83. The van der Waals surface area contributed by atoms with Gasteiger partial charge in [0, 0.05) is 13.5 Å². The normalized spacial score (nSPS) is 12.5. The van der Waals surface area contributed by atoms with Crippen LogP contribution in [0.2, 0.25) is 0 Å². The lowest BCUT2D eigenvalue weighted by Crippen LogP contribution is -2.30. The number of carbonyl (C=O) groups is 3. The van der Waals surface area contributed by atoms with Crippen molar-refractivity contribution in [3.63, 3.8) is 0 Å². The summed E-state index contributed by atoms with van der Waals surface area (Å²) in [6.45, 7) is 1.88. The van der Waals surface area contributed by atoms with E-state index >= 15 is 0 Å². The highest BCUT2D eigenvalue weighted by Crippen LogP contribution is 2.32. The summed E-state index contributed by atoms with van der Waals surface area (Å²) in [6.07, 6.45) is 0.0245. The van der Waals surface area contributed by atoms with Gasteiger partial charge in [0.25, 0.3) is 5.91 Å². The average Bonchev–Trinajstić information content (AvgIpc) is 3.31. The van der Waals surface area contributed by atoms with E-state index in [9.17, 15) is 14.4 Å². The van der Waals surface area contributed by atoms with Gasteiger partial charge in [-0.25, -0.2) is 0 Å². The summed E-state index contributed by atoms with van der Waals surface area (Å²) in [5.41, 5.74) is 2.42. The molecule has 0 radical (unpaired) electrons. The van der Waals surface area contributed by atoms with Crippen LogP contribution < -0.4 is 25.4 Å². The molecule has 0 fully saturated rings. The van der Waals surface area contributed by atoms with Gasteiger partial charge in [0.05, 0.1) is 23.7 Å². The van der Waals surface area contributed by atoms with Crippen molar-refractivity contribution < 1.29 is 23.9 Å². The van der Waals surface area contributed by atoms with E-state index in [2.05, 4.69) is 16.0 Å². The average molecular weight is 460 g/mol. The van der Waals surface area contributed by atoms with Crippen LogP contribution in [0.3, 0.4) is 0 Å². The van der Waals surface area contributed by atoms with Crippen molar-refractivity contribution in [3.05, 3.63) is 89.5 Å². The molecule has 8 nitrogen and oxygen atoms in total. The van der Waals surface area contributed by atoms with Gasteiger partial charge in [0.1, 0.15) is 0 Å². The third-order valence-electron chi connectivity index (χ3n) is 5.30. The zero-order chi connectivity index (χ0) is 23.9. The van der Waals surface area contributed by atoms with E-state index in [-0.39, 0.29) is 37.5 Å². The van der Waals surface area contributed by atoms with Crippen molar-refractivity contribution in [3.8, 4) is 11.5 Å². The summed E-state index contributed by atoms with van der Waals surface area (Å²) < 4.78 is 10.7. The summed E-state index contributed by atoms with van der Waals surface area (Å²) in [5.74, 6) is 0.446. The maximum atomic E-state index is 12.9.